The monoisotopic (exact) mass is 488 g/mol. The molecule has 0 spiro atoms. The van der Waals surface area contributed by atoms with Gasteiger partial charge in [0.1, 0.15) is 0 Å². The number of benzene rings is 1. The van der Waals surface area contributed by atoms with Crippen molar-refractivity contribution in [1.29, 1.82) is 0 Å². The van der Waals surface area contributed by atoms with Gasteiger partial charge in [0, 0.05) is 18.5 Å². The summed E-state index contributed by atoms with van der Waals surface area (Å²) in [5.41, 5.74) is 0.459. The first-order valence-electron chi connectivity index (χ1n) is 10.8. The van der Waals surface area contributed by atoms with Gasteiger partial charge >= 0.3 is 0 Å². The SMILES string of the molecule is Cc1ccc(S(=O)(=O)C2CC(C(=O)NC3(C)CC3)C(C(=O)N3CCC(F)(F)C3)C2)c(Cl)c1. The Balaban J connectivity index is 1.61. The molecule has 1 aromatic carbocycles. The second-order valence-corrected chi connectivity index (χ2v) is 12.3. The van der Waals surface area contributed by atoms with E-state index >= 15 is 0 Å². The molecule has 3 aliphatic rings. The van der Waals surface area contributed by atoms with E-state index in [0.717, 1.165) is 23.3 Å². The number of hydrogen-bond acceptors (Lipinski definition) is 4. The van der Waals surface area contributed by atoms with E-state index in [1.165, 1.54) is 6.07 Å². The third-order valence-corrected chi connectivity index (χ3v) is 9.57. The van der Waals surface area contributed by atoms with Crippen LogP contribution in [0.3, 0.4) is 0 Å². The van der Waals surface area contributed by atoms with Gasteiger partial charge in [-0.2, -0.15) is 0 Å². The molecule has 3 atom stereocenters. The predicted octanol–water partition coefficient (Wildman–Crippen LogP) is 3.35. The Hall–Kier alpha value is -1.74. The van der Waals surface area contributed by atoms with Crippen molar-refractivity contribution in [3.8, 4) is 0 Å². The summed E-state index contributed by atoms with van der Waals surface area (Å²) >= 11 is 6.20. The van der Waals surface area contributed by atoms with Gasteiger partial charge < -0.3 is 10.2 Å². The molecule has 3 unspecified atom stereocenters. The number of alkyl halides is 2. The van der Waals surface area contributed by atoms with Crippen molar-refractivity contribution in [2.45, 2.75) is 67.6 Å². The average molecular weight is 489 g/mol. The Bertz CT molecular complexity index is 1060. The minimum Gasteiger partial charge on any atom is -0.351 e. The number of likely N-dealkylation sites (tertiary alicyclic amines) is 1. The number of carbonyl (C=O) groups is 2. The van der Waals surface area contributed by atoms with Crippen LogP contribution in [0.1, 0.15) is 44.6 Å². The molecule has 0 bridgehead atoms. The lowest BCUT2D eigenvalue weighted by Crippen LogP contribution is -2.44. The summed E-state index contributed by atoms with van der Waals surface area (Å²) in [6, 6.07) is 4.63. The first kappa shape index (κ1) is 23.4. The second kappa shape index (κ2) is 7.94. The Morgan fingerprint density at radius 1 is 1.16 bits per heavy atom. The Morgan fingerprint density at radius 3 is 2.38 bits per heavy atom. The van der Waals surface area contributed by atoms with Crippen LogP contribution in [0.4, 0.5) is 8.78 Å². The number of halogens is 3. The minimum absolute atomic E-state index is 0.0381. The highest BCUT2D eigenvalue weighted by molar-refractivity contribution is 7.92. The zero-order valence-electron chi connectivity index (χ0n) is 18.0. The number of rotatable bonds is 5. The van der Waals surface area contributed by atoms with Gasteiger partial charge in [0.25, 0.3) is 5.92 Å². The van der Waals surface area contributed by atoms with E-state index in [9.17, 15) is 26.8 Å². The van der Waals surface area contributed by atoms with E-state index in [1.807, 2.05) is 6.92 Å². The fourth-order valence-electron chi connectivity index (χ4n) is 4.68. The molecule has 6 nitrogen and oxygen atoms in total. The van der Waals surface area contributed by atoms with Gasteiger partial charge in [-0.3, -0.25) is 9.59 Å². The third kappa shape index (κ3) is 4.51. The van der Waals surface area contributed by atoms with E-state index in [-0.39, 0.29) is 40.8 Å². The normalized spacial score (nSPS) is 28.5. The van der Waals surface area contributed by atoms with Crippen LogP contribution in [0.5, 0.6) is 0 Å². The van der Waals surface area contributed by atoms with Gasteiger partial charge in [0.05, 0.1) is 33.5 Å². The van der Waals surface area contributed by atoms with Crippen LogP contribution in [0.15, 0.2) is 23.1 Å². The number of nitrogens with one attached hydrogen (secondary N) is 1. The first-order chi connectivity index (χ1) is 14.8. The average Bonchev–Trinajstić information content (AvgIpc) is 3.11. The van der Waals surface area contributed by atoms with Gasteiger partial charge in [0.2, 0.25) is 11.8 Å². The summed E-state index contributed by atoms with van der Waals surface area (Å²) in [5.74, 6) is -5.78. The molecule has 1 aliphatic heterocycles. The van der Waals surface area contributed by atoms with Crippen molar-refractivity contribution >= 4 is 33.3 Å². The van der Waals surface area contributed by atoms with Crippen molar-refractivity contribution in [2.24, 2.45) is 11.8 Å². The van der Waals surface area contributed by atoms with Gasteiger partial charge in [0.15, 0.2) is 9.84 Å². The lowest BCUT2D eigenvalue weighted by molar-refractivity contribution is -0.141. The molecule has 176 valence electrons. The highest BCUT2D eigenvalue weighted by Gasteiger charge is 2.52. The number of aryl methyl sites for hydroxylation is 1. The summed E-state index contributed by atoms with van der Waals surface area (Å²) in [6.45, 7) is 2.88. The van der Waals surface area contributed by atoms with Crippen molar-refractivity contribution in [3.05, 3.63) is 28.8 Å². The minimum atomic E-state index is -3.92. The predicted molar refractivity (Wildman–Crippen MR) is 115 cm³/mol. The maximum Gasteiger partial charge on any atom is 0.267 e. The zero-order chi connectivity index (χ0) is 23.5. The van der Waals surface area contributed by atoms with Gasteiger partial charge in [-0.1, -0.05) is 17.7 Å². The number of hydrogen-bond donors (Lipinski definition) is 1. The first-order valence-corrected chi connectivity index (χ1v) is 12.7. The lowest BCUT2D eigenvalue weighted by atomic mass is 9.93. The lowest BCUT2D eigenvalue weighted by Gasteiger charge is -2.25. The molecule has 3 fully saturated rings. The molecule has 2 saturated carbocycles. The number of amides is 2. The molecule has 2 amide bonds. The van der Waals surface area contributed by atoms with Crippen molar-refractivity contribution in [3.63, 3.8) is 0 Å². The van der Waals surface area contributed by atoms with Crippen LogP contribution in [0.2, 0.25) is 5.02 Å². The number of nitrogens with zero attached hydrogens (tertiary/aromatic N) is 1. The van der Waals surface area contributed by atoms with Crippen LogP contribution < -0.4 is 5.32 Å². The van der Waals surface area contributed by atoms with Crippen molar-refractivity contribution in [1.82, 2.24) is 10.2 Å². The van der Waals surface area contributed by atoms with E-state index in [1.54, 1.807) is 19.1 Å². The summed E-state index contributed by atoms with van der Waals surface area (Å²) in [4.78, 5) is 27.2. The summed E-state index contributed by atoms with van der Waals surface area (Å²) in [7, 11) is -3.92. The molecule has 4 rings (SSSR count). The molecule has 1 saturated heterocycles. The van der Waals surface area contributed by atoms with Gasteiger partial charge in [-0.05, 0) is 57.2 Å². The summed E-state index contributed by atoms with van der Waals surface area (Å²) in [5, 5.41) is 2.01. The smallest absolute Gasteiger partial charge is 0.267 e. The maximum atomic E-state index is 13.7. The number of sulfone groups is 1. The quantitative estimate of drug-likeness (QED) is 0.689. The second-order valence-electron chi connectivity index (χ2n) is 9.70. The van der Waals surface area contributed by atoms with Crippen LogP contribution >= 0.6 is 11.6 Å². The van der Waals surface area contributed by atoms with E-state index in [2.05, 4.69) is 5.32 Å². The Labute approximate surface area is 191 Å². The fourth-order valence-corrected chi connectivity index (χ4v) is 7.11. The molecule has 0 radical (unpaired) electrons. The van der Waals surface area contributed by atoms with Crippen LogP contribution in [0, 0.1) is 18.8 Å². The molecule has 32 heavy (non-hydrogen) atoms. The Morgan fingerprint density at radius 2 is 1.81 bits per heavy atom. The summed E-state index contributed by atoms with van der Waals surface area (Å²) in [6.07, 6.45) is 1.05. The molecule has 2 aliphatic carbocycles. The zero-order valence-corrected chi connectivity index (χ0v) is 19.6. The van der Waals surface area contributed by atoms with E-state index in [4.69, 9.17) is 11.6 Å². The molecule has 1 N–H and O–H groups in total. The summed E-state index contributed by atoms with van der Waals surface area (Å²) < 4.78 is 54.1. The van der Waals surface area contributed by atoms with Crippen LogP contribution in [-0.4, -0.2) is 54.9 Å². The molecular weight excluding hydrogens is 462 g/mol. The topological polar surface area (TPSA) is 83.5 Å². The largest absolute Gasteiger partial charge is 0.351 e. The highest BCUT2D eigenvalue weighted by Crippen LogP contribution is 2.43. The maximum absolute atomic E-state index is 13.7. The van der Waals surface area contributed by atoms with E-state index < -0.39 is 51.7 Å². The van der Waals surface area contributed by atoms with Gasteiger partial charge in [-0.25, -0.2) is 17.2 Å². The molecule has 0 aromatic heterocycles. The number of carbonyl (C=O) groups excluding carboxylic acids is 2. The Kier molecular flexibility index (Phi) is 5.81. The van der Waals surface area contributed by atoms with Crippen molar-refractivity contribution in [2.75, 3.05) is 13.1 Å². The molecule has 1 heterocycles. The van der Waals surface area contributed by atoms with Gasteiger partial charge in [-0.15, -0.1) is 0 Å². The fraction of sp³-hybridized carbons (Fsp3) is 0.636. The van der Waals surface area contributed by atoms with Crippen LogP contribution in [-0.2, 0) is 19.4 Å². The molecular formula is C22H27ClF2N2O4S. The standard InChI is InChI=1S/C22H27ClF2N2O4S/c1-13-3-4-18(17(23)9-13)32(30,31)14-10-15(19(28)26-21(2)5-6-21)16(11-14)20(29)27-8-7-22(24,25)12-27/h3-4,9,14-16H,5-8,10-12H2,1-2H3,(H,26,28). The highest BCUT2D eigenvalue weighted by atomic mass is 35.5. The van der Waals surface area contributed by atoms with E-state index in [0.29, 0.717) is 0 Å². The van der Waals surface area contributed by atoms with Crippen LogP contribution in [0.25, 0.3) is 0 Å². The molecule has 10 heteroatoms. The third-order valence-electron chi connectivity index (χ3n) is 6.91. The van der Waals surface area contributed by atoms with Crippen molar-refractivity contribution < 1.29 is 26.8 Å². The molecule has 1 aromatic rings.